The summed E-state index contributed by atoms with van der Waals surface area (Å²) < 4.78 is 6.08. The average molecular weight is 319 g/mol. The van der Waals surface area contributed by atoms with Crippen LogP contribution < -0.4 is 5.56 Å². The van der Waals surface area contributed by atoms with Gasteiger partial charge in [-0.05, 0) is 36.5 Å². The van der Waals surface area contributed by atoms with Crippen molar-refractivity contribution in [3.63, 3.8) is 0 Å². The number of carbonyl (C=O) groups excluding carboxylic acids is 1. The maximum absolute atomic E-state index is 12.5. The van der Waals surface area contributed by atoms with Crippen molar-refractivity contribution in [3.05, 3.63) is 62.5 Å². The number of carbonyl (C=O) groups is 1. The molecule has 0 N–H and O–H groups in total. The number of nitrogens with zero attached hydrogens (tertiary/aromatic N) is 2. The Morgan fingerprint density at radius 1 is 1.41 bits per heavy atom. The molecular weight excluding hydrogens is 304 g/mol. The Morgan fingerprint density at radius 2 is 2.14 bits per heavy atom. The maximum Gasteiger partial charge on any atom is 0.338 e. The van der Waals surface area contributed by atoms with Crippen molar-refractivity contribution in [2.24, 2.45) is 0 Å². The van der Waals surface area contributed by atoms with Crippen molar-refractivity contribution >= 4 is 17.6 Å². The molecule has 1 heterocycles. The average Bonchev–Trinajstić information content (AvgIpc) is 3.35. The summed E-state index contributed by atoms with van der Waals surface area (Å²) in [5, 5.41) is 4.37. The summed E-state index contributed by atoms with van der Waals surface area (Å²) in [5.41, 5.74) is 1.65. The summed E-state index contributed by atoms with van der Waals surface area (Å²) in [4.78, 5) is 24.3. The number of hydrogen-bond donors (Lipinski definition) is 0. The molecule has 1 aliphatic rings. The molecule has 0 bridgehead atoms. The summed E-state index contributed by atoms with van der Waals surface area (Å²) in [6.45, 7) is 0.185. The van der Waals surface area contributed by atoms with Gasteiger partial charge in [0.15, 0.2) is 0 Å². The highest BCUT2D eigenvalue weighted by molar-refractivity contribution is 6.29. The van der Waals surface area contributed by atoms with Crippen LogP contribution >= 0.6 is 11.6 Å². The Balaban J connectivity index is 2.01. The normalized spacial score (nSPS) is 13.9. The van der Waals surface area contributed by atoms with E-state index in [-0.39, 0.29) is 23.2 Å². The Hall–Kier alpha value is -2.14. The smallest absolute Gasteiger partial charge is 0.338 e. The minimum absolute atomic E-state index is 0.147. The Labute approximate surface area is 132 Å². The summed E-state index contributed by atoms with van der Waals surface area (Å²) in [6, 6.07) is 8.64. The van der Waals surface area contributed by atoms with Gasteiger partial charge in [0.1, 0.15) is 5.15 Å². The van der Waals surface area contributed by atoms with E-state index in [0.29, 0.717) is 16.7 Å². The number of benzene rings is 1. The first kappa shape index (κ1) is 14.8. The third-order valence-electron chi connectivity index (χ3n) is 3.73. The lowest BCUT2D eigenvalue weighted by molar-refractivity contribution is 0.0599. The standard InChI is InChI=1S/C16H15ClN2O3/c1-22-16(21)12-5-3-2-4-11(12)9-19-15(20)13(10-6-7-10)8-14(17)18-19/h2-5,8,10H,6-7,9H2,1H3. The zero-order chi connectivity index (χ0) is 15.7. The van der Waals surface area contributed by atoms with Gasteiger partial charge in [-0.1, -0.05) is 29.8 Å². The monoisotopic (exact) mass is 318 g/mol. The SMILES string of the molecule is COC(=O)c1ccccc1Cn1nc(Cl)cc(C2CC2)c1=O. The third kappa shape index (κ3) is 2.90. The van der Waals surface area contributed by atoms with Crippen molar-refractivity contribution < 1.29 is 9.53 Å². The van der Waals surface area contributed by atoms with Gasteiger partial charge >= 0.3 is 5.97 Å². The minimum Gasteiger partial charge on any atom is -0.465 e. The van der Waals surface area contributed by atoms with Crippen LogP contribution in [0.4, 0.5) is 0 Å². The van der Waals surface area contributed by atoms with Crippen LogP contribution in [0.15, 0.2) is 35.1 Å². The molecule has 0 atom stereocenters. The zero-order valence-corrected chi connectivity index (χ0v) is 12.8. The Bertz CT molecular complexity index is 781. The molecule has 5 nitrogen and oxygen atoms in total. The molecule has 0 aliphatic heterocycles. The van der Waals surface area contributed by atoms with E-state index in [9.17, 15) is 9.59 Å². The van der Waals surface area contributed by atoms with Gasteiger partial charge in [-0.25, -0.2) is 9.48 Å². The molecule has 0 saturated heterocycles. The van der Waals surface area contributed by atoms with Crippen LogP contribution in [0.1, 0.15) is 40.2 Å². The van der Waals surface area contributed by atoms with Crippen LogP contribution in [-0.2, 0) is 11.3 Å². The molecule has 3 rings (SSSR count). The molecule has 0 radical (unpaired) electrons. The number of ether oxygens (including phenoxy) is 1. The van der Waals surface area contributed by atoms with Crippen LogP contribution in [0.2, 0.25) is 5.15 Å². The van der Waals surface area contributed by atoms with Gasteiger partial charge in [0.25, 0.3) is 5.56 Å². The number of aromatic nitrogens is 2. The van der Waals surface area contributed by atoms with Gasteiger partial charge < -0.3 is 4.74 Å². The highest BCUT2D eigenvalue weighted by Crippen LogP contribution is 2.38. The molecule has 22 heavy (non-hydrogen) atoms. The van der Waals surface area contributed by atoms with Crippen LogP contribution in [-0.4, -0.2) is 22.9 Å². The van der Waals surface area contributed by atoms with Crippen LogP contribution in [0.5, 0.6) is 0 Å². The molecule has 1 aromatic carbocycles. The highest BCUT2D eigenvalue weighted by Gasteiger charge is 2.28. The molecule has 1 fully saturated rings. The maximum atomic E-state index is 12.5. The fraction of sp³-hybridized carbons (Fsp3) is 0.312. The van der Waals surface area contributed by atoms with Crippen LogP contribution in [0.3, 0.4) is 0 Å². The van der Waals surface area contributed by atoms with E-state index in [1.807, 2.05) is 0 Å². The first-order chi connectivity index (χ1) is 10.6. The predicted octanol–water partition coefficient (Wildman–Crippen LogP) is 2.61. The number of esters is 1. The van der Waals surface area contributed by atoms with E-state index in [0.717, 1.165) is 12.8 Å². The zero-order valence-electron chi connectivity index (χ0n) is 12.1. The molecule has 2 aromatic rings. The van der Waals surface area contributed by atoms with E-state index in [2.05, 4.69) is 5.10 Å². The molecule has 1 aliphatic carbocycles. The van der Waals surface area contributed by atoms with Crippen molar-refractivity contribution in [2.75, 3.05) is 7.11 Å². The predicted molar refractivity (Wildman–Crippen MR) is 82.4 cm³/mol. The largest absolute Gasteiger partial charge is 0.465 e. The molecule has 0 amide bonds. The van der Waals surface area contributed by atoms with E-state index in [4.69, 9.17) is 16.3 Å². The topological polar surface area (TPSA) is 61.2 Å². The van der Waals surface area contributed by atoms with Crippen molar-refractivity contribution in [1.82, 2.24) is 9.78 Å². The second-order valence-electron chi connectivity index (χ2n) is 5.31. The lowest BCUT2D eigenvalue weighted by atomic mass is 10.1. The number of hydrogen-bond acceptors (Lipinski definition) is 4. The second kappa shape index (κ2) is 5.93. The van der Waals surface area contributed by atoms with Gasteiger partial charge in [-0.3, -0.25) is 4.79 Å². The molecule has 1 aromatic heterocycles. The van der Waals surface area contributed by atoms with Gasteiger partial charge in [0, 0.05) is 5.56 Å². The van der Waals surface area contributed by atoms with E-state index in [1.165, 1.54) is 11.8 Å². The molecule has 6 heteroatoms. The number of rotatable bonds is 4. The lowest BCUT2D eigenvalue weighted by Gasteiger charge is -2.10. The second-order valence-corrected chi connectivity index (χ2v) is 5.70. The molecule has 1 saturated carbocycles. The third-order valence-corrected chi connectivity index (χ3v) is 3.92. The Kier molecular flexibility index (Phi) is 3.98. The van der Waals surface area contributed by atoms with Gasteiger partial charge in [0.05, 0.1) is 19.2 Å². The van der Waals surface area contributed by atoms with Crippen molar-refractivity contribution in [1.29, 1.82) is 0 Å². The minimum atomic E-state index is -0.437. The first-order valence-electron chi connectivity index (χ1n) is 7.04. The van der Waals surface area contributed by atoms with Crippen molar-refractivity contribution in [3.8, 4) is 0 Å². The summed E-state index contributed by atoms with van der Waals surface area (Å²) in [5.74, 6) is -0.150. The van der Waals surface area contributed by atoms with E-state index < -0.39 is 5.97 Å². The summed E-state index contributed by atoms with van der Waals surface area (Å²) in [6.07, 6.45) is 2.02. The van der Waals surface area contributed by atoms with E-state index >= 15 is 0 Å². The van der Waals surface area contributed by atoms with Gasteiger partial charge in [0.2, 0.25) is 0 Å². The highest BCUT2D eigenvalue weighted by atomic mass is 35.5. The molecule has 0 spiro atoms. The Morgan fingerprint density at radius 3 is 2.82 bits per heavy atom. The quantitative estimate of drug-likeness (QED) is 0.813. The molecular formula is C16H15ClN2O3. The molecule has 114 valence electrons. The van der Waals surface area contributed by atoms with Crippen LogP contribution in [0.25, 0.3) is 0 Å². The van der Waals surface area contributed by atoms with Crippen LogP contribution in [0, 0.1) is 0 Å². The van der Waals surface area contributed by atoms with E-state index in [1.54, 1.807) is 30.3 Å². The first-order valence-corrected chi connectivity index (χ1v) is 7.41. The van der Waals surface area contributed by atoms with Crippen molar-refractivity contribution in [2.45, 2.75) is 25.3 Å². The number of methoxy groups -OCH3 is 1. The van der Waals surface area contributed by atoms with Gasteiger partial charge in [-0.2, -0.15) is 5.10 Å². The van der Waals surface area contributed by atoms with Gasteiger partial charge in [-0.15, -0.1) is 0 Å². The fourth-order valence-electron chi connectivity index (χ4n) is 2.45. The summed E-state index contributed by atoms with van der Waals surface area (Å²) >= 11 is 6.03. The fourth-order valence-corrected chi connectivity index (χ4v) is 2.66. The molecule has 0 unspecified atom stereocenters. The summed E-state index contributed by atoms with van der Waals surface area (Å²) in [7, 11) is 1.33. The lowest BCUT2D eigenvalue weighted by Crippen LogP contribution is -2.27. The number of halogens is 1.